The number of aliphatic carboxylic acids is 1. The van der Waals surface area contributed by atoms with Crippen LogP contribution >= 0.6 is 0 Å². The number of carbonyl (C=O) groups excluding carboxylic acids is 1. The molecule has 2 unspecified atom stereocenters. The minimum atomic E-state index is -1.04. The normalized spacial score (nSPS) is 18.3. The van der Waals surface area contributed by atoms with Crippen molar-refractivity contribution in [2.24, 2.45) is 0 Å². The fourth-order valence-electron chi connectivity index (χ4n) is 2.64. The molecule has 3 rings (SSSR count). The monoisotopic (exact) mass is 311 g/mol. The van der Waals surface area contributed by atoms with Crippen LogP contribution in [0.5, 0.6) is 0 Å². The van der Waals surface area contributed by atoms with Crippen molar-refractivity contribution in [3.63, 3.8) is 0 Å². The zero-order chi connectivity index (χ0) is 16.2. The van der Waals surface area contributed by atoms with Crippen LogP contribution < -0.4 is 0 Å². The van der Waals surface area contributed by atoms with E-state index in [0.29, 0.717) is 12.2 Å². The molecular formula is C18H17NO4. The third-order valence-corrected chi connectivity index (χ3v) is 3.88. The van der Waals surface area contributed by atoms with E-state index in [1.54, 1.807) is 24.3 Å². The Kier molecular flexibility index (Phi) is 4.39. The molecule has 0 saturated carbocycles. The lowest BCUT2D eigenvalue weighted by Crippen LogP contribution is -2.59. The van der Waals surface area contributed by atoms with Crippen molar-refractivity contribution in [2.75, 3.05) is 6.54 Å². The van der Waals surface area contributed by atoms with E-state index < -0.39 is 18.1 Å². The van der Waals surface area contributed by atoms with Crippen molar-refractivity contribution in [1.82, 2.24) is 4.90 Å². The molecule has 1 aliphatic heterocycles. The molecule has 0 aromatic heterocycles. The first kappa shape index (κ1) is 15.2. The molecule has 0 spiro atoms. The van der Waals surface area contributed by atoms with Crippen LogP contribution in [0.25, 0.3) is 0 Å². The number of carboxylic acids is 1. The van der Waals surface area contributed by atoms with Gasteiger partial charge >= 0.3 is 5.97 Å². The summed E-state index contributed by atoms with van der Waals surface area (Å²) in [6.07, 6.45) is -0.569. The minimum Gasteiger partial charge on any atom is -0.479 e. The molecule has 5 nitrogen and oxygen atoms in total. The highest BCUT2D eigenvalue weighted by Gasteiger charge is 2.44. The van der Waals surface area contributed by atoms with Crippen molar-refractivity contribution in [3.8, 4) is 0 Å². The first-order valence-corrected chi connectivity index (χ1v) is 7.40. The summed E-state index contributed by atoms with van der Waals surface area (Å²) in [6, 6.07) is 17.4. The number of rotatable bonds is 6. The van der Waals surface area contributed by atoms with Crippen LogP contribution in [0.2, 0.25) is 0 Å². The van der Waals surface area contributed by atoms with Gasteiger partial charge in [-0.1, -0.05) is 60.7 Å². The molecule has 1 heterocycles. The van der Waals surface area contributed by atoms with Gasteiger partial charge in [0.05, 0.1) is 13.2 Å². The standard InChI is InChI=1S/C18H17NO4/c20-17-15(23-12-13-7-3-1-4-8-13)11-19(17)16(18(21)22)14-9-5-2-6-10-14/h1-10,15-16H,11-12H2,(H,21,22). The zero-order valence-electron chi connectivity index (χ0n) is 12.5. The van der Waals surface area contributed by atoms with E-state index in [9.17, 15) is 14.7 Å². The Hall–Kier alpha value is -2.66. The maximum absolute atomic E-state index is 12.2. The summed E-state index contributed by atoms with van der Waals surface area (Å²) in [4.78, 5) is 25.1. The summed E-state index contributed by atoms with van der Waals surface area (Å²) in [5, 5.41) is 9.44. The Morgan fingerprint density at radius 2 is 1.74 bits per heavy atom. The molecule has 0 radical (unpaired) electrons. The molecule has 5 heteroatoms. The molecule has 1 aliphatic rings. The average Bonchev–Trinajstić information content (AvgIpc) is 2.58. The lowest BCUT2D eigenvalue weighted by Gasteiger charge is -2.41. The Labute approximate surface area is 134 Å². The maximum Gasteiger partial charge on any atom is 0.331 e. The maximum atomic E-state index is 12.2. The third kappa shape index (κ3) is 3.24. The molecular weight excluding hydrogens is 294 g/mol. The second-order valence-electron chi connectivity index (χ2n) is 5.43. The van der Waals surface area contributed by atoms with Gasteiger partial charge < -0.3 is 14.7 Å². The average molecular weight is 311 g/mol. The predicted molar refractivity (Wildman–Crippen MR) is 83.6 cm³/mol. The predicted octanol–water partition coefficient (Wildman–Crippen LogP) is 2.24. The summed E-state index contributed by atoms with van der Waals surface area (Å²) in [6.45, 7) is 0.631. The number of carbonyl (C=O) groups is 2. The fraction of sp³-hybridized carbons (Fsp3) is 0.222. The van der Waals surface area contributed by atoms with E-state index in [1.165, 1.54) is 4.90 Å². The van der Waals surface area contributed by atoms with E-state index in [2.05, 4.69) is 0 Å². The highest BCUT2D eigenvalue weighted by molar-refractivity contribution is 5.91. The van der Waals surface area contributed by atoms with Crippen molar-refractivity contribution in [3.05, 3.63) is 71.8 Å². The smallest absolute Gasteiger partial charge is 0.331 e. The molecule has 1 fully saturated rings. The Morgan fingerprint density at radius 3 is 2.30 bits per heavy atom. The van der Waals surface area contributed by atoms with Crippen LogP contribution in [0.15, 0.2) is 60.7 Å². The van der Waals surface area contributed by atoms with E-state index in [-0.39, 0.29) is 12.5 Å². The largest absolute Gasteiger partial charge is 0.479 e. The van der Waals surface area contributed by atoms with Crippen LogP contribution in [0.4, 0.5) is 0 Å². The minimum absolute atomic E-state index is 0.280. The van der Waals surface area contributed by atoms with Gasteiger partial charge in [0.2, 0.25) is 0 Å². The van der Waals surface area contributed by atoms with Crippen LogP contribution in [0.1, 0.15) is 17.2 Å². The van der Waals surface area contributed by atoms with Gasteiger partial charge in [-0.3, -0.25) is 4.79 Å². The highest BCUT2D eigenvalue weighted by Crippen LogP contribution is 2.28. The van der Waals surface area contributed by atoms with Gasteiger partial charge in [-0.2, -0.15) is 0 Å². The van der Waals surface area contributed by atoms with E-state index >= 15 is 0 Å². The SMILES string of the molecule is O=C(O)C(c1ccccc1)N1CC(OCc2ccccc2)C1=O. The number of ether oxygens (including phenoxy) is 1. The molecule has 2 atom stereocenters. The van der Waals surface area contributed by atoms with Gasteiger partial charge in [-0.25, -0.2) is 4.79 Å². The molecule has 23 heavy (non-hydrogen) atoms. The van der Waals surface area contributed by atoms with Gasteiger partial charge in [0.15, 0.2) is 12.1 Å². The lowest BCUT2D eigenvalue weighted by atomic mass is 10.00. The number of nitrogens with zero attached hydrogens (tertiary/aromatic N) is 1. The molecule has 1 amide bonds. The molecule has 1 N–H and O–H groups in total. The Morgan fingerprint density at radius 1 is 1.13 bits per heavy atom. The van der Waals surface area contributed by atoms with Crippen molar-refractivity contribution in [2.45, 2.75) is 18.8 Å². The number of hydrogen-bond acceptors (Lipinski definition) is 3. The van der Waals surface area contributed by atoms with Crippen molar-refractivity contribution >= 4 is 11.9 Å². The number of carboxylic acid groups (broad SMARTS) is 1. The van der Waals surface area contributed by atoms with Gasteiger partial charge in [-0.05, 0) is 11.1 Å². The number of benzene rings is 2. The van der Waals surface area contributed by atoms with Crippen LogP contribution in [-0.4, -0.2) is 34.5 Å². The van der Waals surface area contributed by atoms with Crippen molar-refractivity contribution in [1.29, 1.82) is 0 Å². The summed E-state index contributed by atoms with van der Waals surface area (Å²) in [5.74, 6) is -1.32. The first-order valence-electron chi connectivity index (χ1n) is 7.40. The first-order chi connectivity index (χ1) is 11.2. The lowest BCUT2D eigenvalue weighted by molar-refractivity contribution is -0.174. The Bertz CT molecular complexity index is 687. The number of amides is 1. The number of hydrogen-bond donors (Lipinski definition) is 1. The van der Waals surface area contributed by atoms with Crippen molar-refractivity contribution < 1.29 is 19.4 Å². The van der Waals surface area contributed by atoms with Gasteiger partial charge in [0.25, 0.3) is 5.91 Å². The molecule has 0 aliphatic carbocycles. The third-order valence-electron chi connectivity index (χ3n) is 3.88. The quantitative estimate of drug-likeness (QED) is 0.831. The second kappa shape index (κ2) is 6.62. The summed E-state index contributed by atoms with van der Waals surface area (Å²) < 4.78 is 5.59. The van der Waals surface area contributed by atoms with Gasteiger partial charge in [-0.15, -0.1) is 0 Å². The number of likely N-dealkylation sites (tertiary alicyclic amines) is 1. The zero-order valence-corrected chi connectivity index (χ0v) is 12.5. The van der Waals surface area contributed by atoms with E-state index in [1.807, 2.05) is 36.4 Å². The van der Waals surface area contributed by atoms with Gasteiger partial charge in [0.1, 0.15) is 0 Å². The van der Waals surface area contributed by atoms with Crippen LogP contribution in [0, 0.1) is 0 Å². The molecule has 0 bridgehead atoms. The summed E-state index contributed by atoms with van der Waals surface area (Å²) >= 11 is 0. The summed E-state index contributed by atoms with van der Waals surface area (Å²) in [7, 11) is 0. The summed E-state index contributed by atoms with van der Waals surface area (Å²) in [5.41, 5.74) is 1.58. The fourth-order valence-corrected chi connectivity index (χ4v) is 2.64. The van der Waals surface area contributed by atoms with Gasteiger partial charge in [0, 0.05) is 0 Å². The van der Waals surface area contributed by atoms with E-state index in [4.69, 9.17) is 4.74 Å². The topological polar surface area (TPSA) is 66.8 Å². The number of β-lactam (4-membered cyclic amide) rings is 1. The molecule has 118 valence electrons. The van der Waals surface area contributed by atoms with Crippen LogP contribution in [-0.2, 0) is 20.9 Å². The highest BCUT2D eigenvalue weighted by atomic mass is 16.5. The molecule has 1 saturated heterocycles. The Balaban J connectivity index is 1.62. The van der Waals surface area contributed by atoms with E-state index in [0.717, 1.165) is 5.56 Å². The second-order valence-corrected chi connectivity index (χ2v) is 5.43. The van der Waals surface area contributed by atoms with Crippen LogP contribution in [0.3, 0.4) is 0 Å². The molecule has 2 aromatic carbocycles. The molecule has 2 aromatic rings.